The predicted octanol–water partition coefficient (Wildman–Crippen LogP) is 3.53. The number of halogens is 2. The molecule has 2 aromatic rings. The van der Waals surface area contributed by atoms with Crippen molar-refractivity contribution < 1.29 is 19.1 Å². The quantitative estimate of drug-likeness (QED) is 0.400. The molecule has 2 heterocycles. The number of amides is 2. The fourth-order valence-electron chi connectivity index (χ4n) is 4.60. The van der Waals surface area contributed by atoms with E-state index in [4.69, 9.17) is 32.7 Å². The summed E-state index contributed by atoms with van der Waals surface area (Å²) in [5.41, 5.74) is 1.43. The molecule has 0 spiro atoms. The molecule has 0 atom stereocenters. The van der Waals surface area contributed by atoms with Crippen LogP contribution in [-0.4, -0.2) is 75.7 Å². The summed E-state index contributed by atoms with van der Waals surface area (Å²) in [6.45, 7) is 4.49. The number of ether oxygens (including phenoxy) is 2. The van der Waals surface area contributed by atoms with Crippen LogP contribution in [0.2, 0.25) is 10.0 Å². The van der Waals surface area contributed by atoms with Gasteiger partial charge >= 0.3 is 0 Å². The van der Waals surface area contributed by atoms with Gasteiger partial charge in [-0.05, 0) is 74.2 Å². The molecule has 0 aliphatic carbocycles. The molecular weight excluding hydrogens is 541 g/mol. The number of hydrogen-bond acceptors (Lipinski definition) is 7. The van der Waals surface area contributed by atoms with Gasteiger partial charge in [0.05, 0.1) is 20.3 Å². The number of rotatable bonds is 10. The van der Waals surface area contributed by atoms with Crippen molar-refractivity contribution in [2.75, 3.05) is 53.0 Å². The lowest BCUT2D eigenvalue weighted by molar-refractivity contribution is -0.121. The van der Waals surface area contributed by atoms with Gasteiger partial charge in [-0.3, -0.25) is 24.8 Å². The normalized spacial score (nSPS) is 16.1. The number of nitrogens with zero attached hydrogens (tertiary/aromatic N) is 2. The molecule has 4 rings (SSSR count). The maximum Gasteiger partial charge on any atom is 0.251 e. The van der Waals surface area contributed by atoms with Gasteiger partial charge in [-0.2, -0.15) is 0 Å². The average molecular weight is 577 g/mol. The zero-order valence-corrected chi connectivity index (χ0v) is 23.6. The van der Waals surface area contributed by atoms with Gasteiger partial charge < -0.3 is 20.1 Å². The number of hydrogen-bond donors (Lipinski definition) is 3. The molecule has 2 aromatic carbocycles. The Labute approximate surface area is 239 Å². The summed E-state index contributed by atoms with van der Waals surface area (Å²) in [5, 5.41) is 10.2. The molecule has 2 aliphatic heterocycles. The van der Waals surface area contributed by atoms with Crippen LogP contribution >= 0.6 is 23.2 Å². The van der Waals surface area contributed by atoms with Gasteiger partial charge in [0.15, 0.2) is 17.5 Å². The van der Waals surface area contributed by atoms with Crippen LogP contribution < -0.4 is 25.4 Å². The summed E-state index contributed by atoms with van der Waals surface area (Å²) in [5.74, 6) is 1.76. The van der Waals surface area contributed by atoms with Crippen molar-refractivity contribution in [1.29, 1.82) is 0 Å². The second kappa shape index (κ2) is 14.4. The lowest BCUT2D eigenvalue weighted by Crippen LogP contribution is -2.48. The molecule has 9 nitrogen and oxygen atoms in total. The number of carbonyl (C=O) groups excluding carboxylic acids is 2. The molecule has 11 heteroatoms. The predicted molar refractivity (Wildman–Crippen MR) is 153 cm³/mol. The van der Waals surface area contributed by atoms with Crippen LogP contribution in [0, 0.1) is 5.92 Å². The fourth-order valence-corrected chi connectivity index (χ4v) is 5.11. The Balaban J connectivity index is 1.21. The average Bonchev–Trinajstić information content (AvgIpc) is 2.94. The van der Waals surface area contributed by atoms with Crippen molar-refractivity contribution in [3.05, 3.63) is 57.6 Å². The molecule has 1 saturated heterocycles. The van der Waals surface area contributed by atoms with E-state index >= 15 is 0 Å². The molecule has 0 saturated carbocycles. The highest BCUT2D eigenvalue weighted by Gasteiger charge is 2.22. The highest BCUT2D eigenvalue weighted by molar-refractivity contribution is 6.35. The first-order valence-corrected chi connectivity index (χ1v) is 14.0. The van der Waals surface area contributed by atoms with Gasteiger partial charge in [-0.1, -0.05) is 29.3 Å². The van der Waals surface area contributed by atoms with Crippen LogP contribution in [0.15, 0.2) is 41.4 Å². The summed E-state index contributed by atoms with van der Waals surface area (Å²) < 4.78 is 11.4. The summed E-state index contributed by atoms with van der Waals surface area (Å²) in [4.78, 5) is 31.6. The molecule has 3 N–H and O–H groups in total. The standard InChI is InChI=1S/C28H35Cl2N5O4/c1-38-24-6-4-21(15-25(24)39-14-9-20-3-5-22(29)16-23(20)30)27(37)33-17-19-7-12-35(13-8-19)18-26(36)34-28-31-10-2-11-32-28/h3-6,15-16,19H,2,7-14,17-18H2,1H3,(H,33,37)(H2,31,32,34,36). The molecule has 1 fully saturated rings. The van der Waals surface area contributed by atoms with E-state index in [1.807, 2.05) is 6.07 Å². The lowest BCUT2D eigenvalue weighted by atomic mass is 9.96. The minimum absolute atomic E-state index is 0.0521. The topological polar surface area (TPSA) is 104 Å². The number of nitrogens with one attached hydrogen (secondary N) is 3. The Kier molecular flexibility index (Phi) is 10.7. The van der Waals surface area contributed by atoms with E-state index in [2.05, 4.69) is 25.8 Å². The van der Waals surface area contributed by atoms with Crippen LogP contribution in [0.4, 0.5) is 0 Å². The number of piperidine rings is 1. The molecular formula is C28H35Cl2N5O4. The summed E-state index contributed by atoms with van der Waals surface area (Å²) in [6, 6.07) is 10.5. The van der Waals surface area contributed by atoms with Crippen molar-refractivity contribution in [1.82, 2.24) is 20.9 Å². The highest BCUT2D eigenvalue weighted by Crippen LogP contribution is 2.29. The van der Waals surface area contributed by atoms with E-state index in [1.165, 1.54) is 0 Å². The Morgan fingerprint density at radius 1 is 1.13 bits per heavy atom. The number of guanidine groups is 1. The molecule has 2 amide bonds. The first kappa shape index (κ1) is 29.0. The second-order valence-electron chi connectivity index (χ2n) is 9.69. The maximum atomic E-state index is 12.9. The molecule has 210 valence electrons. The third-order valence-electron chi connectivity index (χ3n) is 6.85. The van der Waals surface area contributed by atoms with Gasteiger partial charge in [0.2, 0.25) is 5.91 Å². The van der Waals surface area contributed by atoms with Crippen molar-refractivity contribution in [3.63, 3.8) is 0 Å². The Hall–Kier alpha value is -3.01. The van der Waals surface area contributed by atoms with Crippen molar-refractivity contribution >= 4 is 41.0 Å². The highest BCUT2D eigenvalue weighted by atomic mass is 35.5. The zero-order valence-electron chi connectivity index (χ0n) is 22.1. The van der Waals surface area contributed by atoms with Gasteiger partial charge in [0, 0.05) is 41.7 Å². The number of likely N-dealkylation sites (tertiary alicyclic amines) is 1. The summed E-state index contributed by atoms with van der Waals surface area (Å²) >= 11 is 12.2. The molecule has 0 aromatic heterocycles. The summed E-state index contributed by atoms with van der Waals surface area (Å²) in [6.07, 6.45) is 3.40. The fraction of sp³-hybridized carbons (Fsp3) is 0.464. The molecule has 0 unspecified atom stereocenters. The van der Waals surface area contributed by atoms with Crippen LogP contribution in [-0.2, 0) is 11.2 Å². The lowest BCUT2D eigenvalue weighted by Gasteiger charge is -2.31. The second-order valence-corrected chi connectivity index (χ2v) is 10.5. The Bertz CT molecular complexity index is 1180. The number of aliphatic imine (C=N–C) groups is 1. The molecule has 2 aliphatic rings. The Morgan fingerprint density at radius 3 is 2.67 bits per heavy atom. The minimum Gasteiger partial charge on any atom is -0.493 e. The third-order valence-corrected chi connectivity index (χ3v) is 7.44. The summed E-state index contributed by atoms with van der Waals surface area (Å²) in [7, 11) is 1.56. The largest absolute Gasteiger partial charge is 0.493 e. The van der Waals surface area contributed by atoms with Crippen LogP contribution in [0.1, 0.15) is 35.2 Å². The molecule has 0 radical (unpaired) electrons. The smallest absolute Gasteiger partial charge is 0.251 e. The first-order chi connectivity index (χ1) is 18.9. The number of carbonyl (C=O) groups is 2. The minimum atomic E-state index is -0.161. The molecule has 39 heavy (non-hydrogen) atoms. The number of methoxy groups -OCH3 is 1. The van der Waals surface area contributed by atoms with E-state index in [0.29, 0.717) is 65.1 Å². The van der Waals surface area contributed by atoms with Gasteiger partial charge in [0.1, 0.15) is 0 Å². The van der Waals surface area contributed by atoms with E-state index in [-0.39, 0.29) is 11.8 Å². The van der Waals surface area contributed by atoms with Crippen LogP contribution in [0.5, 0.6) is 11.5 Å². The maximum absolute atomic E-state index is 12.9. The first-order valence-electron chi connectivity index (χ1n) is 13.2. The van der Waals surface area contributed by atoms with E-state index in [1.54, 1.807) is 37.4 Å². The zero-order chi connectivity index (χ0) is 27.6. The van der Waals surface area contributed by atoms with Gasteiger partial charge in [-0.25, -0.2) is 0 Å². The van der Waals surface area contributed by atoms with E-state index in [0.717, 1.165) is 51.0 Å². The van der Waals surface area contributed by atoms with Gasteiger partial charge in [-0.15, -0.1) is 0 Å². The van der Waals surface area contributed by atoms with Crippen molar-refractivity contribution in [2.24, 2.45) is 10.9 Å². The van der Waals surface area contributed by atoms with Crippen LogP contribution in [0.25, 0.3) is 0 Å². The molecule has 0 bridgehead atoms. The van der Waals surface area contributed by atoms with E-state index < -0.39 is 0 Å². The van der Waals surface area contributed by atoms with E-state index in [9.17, 15) is 9.59 Å². The van der Waals surface area contributed by atoms with Gasteiger partial charge in [0.25, 0.3) is 5.91 Å². The SMILES string of the molecule is COc1ccc(C(=O)NCC2CCN(CC(=O)NC3=NCCCN3)CC2)cc1OCCc1ccc(Cl)cc1Cl. The van der Waals surface area contributed by atoms with Crippen molar-refractivity contribution in [3.8, 4) is 11.5 Å². The van der Waals surface area contributed by atoms with Crippen molar-refractivity contribution in [2.45, 2.75) is 25.7 Å². The Morgan fingerprint density at radius 2 is 1.95 bits per heavy atom. The third kappa shape index (κ3) is 8.74. The monoisotopic (exact) mass is 575 g/mol. The number of benzene rings is 2. The van der Waals surface area contributed by atoms with Crippen LogP contribution in [0.3, 0.4) is 0 Å².